The molecule has 0 radical (unpaired) electrons. The van der Waals surface area contributed by atoms with Crippen LogP contribution in [0.3, 0.4) is 0 Å². The van der Waals surface area contributed by atoms with Crippen LogP contribution in [0.5, 0.6) is 5.75 Å². The first-order valence-corrected chi connectivity index (χ1v) is 7.38. The van der Waals surface area contributed by atoms with Gasteiger partial charge >= 0.3 is 17.6 Å². The summed E-state index contributed by atoms with van der Waals surface area (Å²) in [5.41, 5.74) is 0.0281. The predicted octanol–water partition coefficient (Wildman–Crippen LogP) is 1.86. The first-order valence-electron chi connectivity index (χ1n) is 7.38. The molecule has 1 rings (SSSR count). The van der Waals surface area contributed by atoms with Crippen LogP contribution in [0.15, 0.2) is 24.3 Å². The van der Waals surface area contributed by atoms with Crippen molar-refractivity contribution in [2.75, 3.05) is 26.2 Å². The highest BCUT2D eigenvalue weighted by molar-refractivity contribution is 6.27. The largest absolute Gasteiger partial charge is 0.487 e. The second kappa shape index (κ2) is 11.8. The van der Waals surface area contributed by atoms with E-state index in [1.54, 1.807) is 18.2 Å². The van der Waals surface area contributed by atoms with Crippen molar-refractivity contribution < 1.29 is 29.5 Å². The van der Waals surface area contributed by atoms with E-state index in [-0.39, 0.29) is 5.69 Å². The van der Waals surface area contributed by atoms with E-state index in [2.05, 4.69) is 18.7 Å². The Kier molecular flexibility index (Phi) is 10.5. The van der Waals surface area contributed by atoms with Crippen LogP contribution in [0.4, 0.5) is 5.69 Å². The third-order valence-electron chi connectivity index (χ3n) is 3.02. The van der Waals surface area contributed by atoms with Crippen LogP contribution in [-0.4, -0.2) is 58.2 Å². The molecule has 0 unspecified atom stereocenters. The predicted molar refractivity (Wildman–Crippen MR) is 86.3 cm³/mol. The molecule has 1 aromatic rings. The Bertz CT molecular complexity index is 532. The zero-order valence-corrected chi connectivity index (χ0v) is 13.7. The van der Waals surface area contributed by atoms with Crippen molar-refractivity contribution in [3.63, 3.8) is 0 Å². The first kappa shape index (κ1) is 21.3. The van der Waals surface area contributed by atoms with Crippen LogP contribution >= 0.6 is 0 Å². The summed E-state index contributed by atoms with van der Waals surface area (Å²) in [7, 11) is 0. The molecule has 0 saturated heterocycles. The minimum Gasteiger partial charge on any atom is -0.487 e. The second-order valence-electron chi connectivity index (χ2n) is 4.56. The number of hydrogen-bond acceptors (Lipinski definition) is 6. The van der Waals surface area contributed by atoms with Crippen molar-refractivity contribution in [2.45, 2.75) is 20.3 Å². The van der Waals surface area contributed by atoms with Crippen LogP contribution in [-0.2, 0) is 9.59 Å². The Balaban J connectivity index is 0.000000754. The standard InChI is InChI=1S/C13H20N2O3.C2H2O4/c1-3-14(4-2)10-7-11-18-13-9-6-5-8-12(13)15(16)17;3-1(4)2(5)6/h5-6,8-9H,3-4,7,10-11H2,1-2H3;(H,3,4)(H,5,6). The van der Waals surface area contributed by atoms with Gasteiger partial charge in [-0.15, -0.1) is 0 Å². The average molecular weight is 342 g/mol. The molecular weight excluding hydrogens is 320 g/mol. The molecule has 134 valence electrons. The molecule has 0 aliphatic rings. The molecule has 2 N–H and O–H groups in total. The van der Waals surface area contributed by atoms with Crippen LogP contribution in [0.1, 0.15) is 20.3 Å². The summed E-state index contributed by atoms with van der Waals surface area (Å²) in [5, 5.41) is 25.6. The van der Waals surface area contributed by atoms with Gasteiger partial charge in [-0.05, 0) is 25.6 Å². The monoisotopic (exact) mass is 342 g/mol. The van der Waals surface area contributed by atoms with E-state index in [0.717, 1.165) is 26.1 Å². The number of nitrogens with zero attached hydrogens (tertiary/aromatic N) is 2. The fourth-order valence-corrected chi connectivity index (χ4v) is 1.74. The lowest BCUT2D eigenvalue weighted by Crippen LogP contribution is -2.25. The number of carbonyl (C=O) groups is 2. The van der Waals surface area contributed by atoms with Gasteiger partial charge in [0.25, 0.3) is 0 Å². The second-order valence-corrected chi connectivity index (χ2v) is 4.56. The minimum atomic E-state index is -1.82. The maximum Gasteiger partial charge on any atom is 0.414 e. The quantitative estimate of drug-likeness (QED) is 0.317. The molecule has 0 spiro atoms. The van der Waals surface area contributed by atoms with Crippen molar-refractivity contribution in [3.05, 3.63) is 34.4 Å². The molecule has 0 fully saturated rings. The molecule has 0 aliphatic heterocycles. The van der Waals surface area contributed by atoms with E-state index in [0.29, 0.717) is 12.4 Å². The zero-order valence-electron chi connectivity index (χ0n) is 13.7. The molecule has 0 heterocycles. The molecule has 0 bridgehead atoms. The van der Waals surface area contributed by atoms with Crippen molar-refractivity contribution in [1.29, 1.82) is 0 Å². The van der Waals surface area contributed by atoms with E-state index in [4.69, 9.17) is 24.5 Å². The molecular formula is C15H22N2O7. The Hall–Kier alpha value is -2.68. The molecule has 9 heteroatoms. The Morgan fingerprint density at radius 1 is 1.17 bits per heavy atom. The molecule has 0 saturated carbocycles. The highest BCUT2D eigenvalue weighted by Gasteiger charge is 2.13. The van der Waals surface area contributed by atoms with Gasteiger partial charge < -0.3 is 19.8 Å². The zero-order chi connectivity index (χ0) is 18.5. The number of rotatable bonds is 8. The Labute approximate surface area is 139 Å². The van der Waals surface area contributed by atoms with Crippen molar-refractivity contribution in [2.24, 2.45) is 0 Å². The highest BCUT2D eigenvalue weighted by atomic mass is 16.6. The van der Waals surface area contributed by atoms with Crippen LogP contribution in [0, 0.1) is 10.1 Å². The molecule has 0 atom stereocenters. The number of carboxylic acids is 2. The van der Waals surface area contributed by atoms with Gasteiger partial charge in [0.2, 0.25) is 0 Å². The van der Waals surface area contributed by atoms with Gasteiger partial charge in [0, 0.05) is 12.6 Å². The van der Waals surface area contributed by atoms with Crippen molar-refractivity contribution in [1.82, 2.24) is 4.90 Å². The molecule has 0 aliphatic carbocycles. The number of benzene rings is 1. The summed E-state index contributed by atoms with van der Waals surface area (Å²) in [6.07, 6.45) is 0.869. The highest BCUT2D eigenvalue weighted by Crippen LogP contribution is 2.25. The summed E-state index contributed by atoms with van der Waals surface area (Å²) in [5.74, 6) is -3.30. The van der Waals surface area contributed by atoms with E-state index in [9.17, 15) is 10.1 Å². The summed E-state index contributed by atoms with van der Waals surface area (Å²) < 4.78 is 5.47. The van der Waals surface area contributed by atoms with Crippen molar-refractivity contribution >= 4 is 17.6 Å². The number of ether oxygens (including phenoxy) is 1. The van der Waals surface area contributed by atoms with Gasteiger partial charge in [0.05, 0.1) is 11.5 Å². The lowest BCUT2D eigenvalue weighted by molar-refractivity contribution is -0.385. The fourth-order valence-electron chi connectivity index (χ4n) is 1.74. The number of carboxylic acid groups (broad SMARTS) is 2. The van der Waals surface area contributed by atoms with Gasteiger partial charge in [0.1, 0.15) is 0 Å². The number of aliphatic carboxylic acids is 2. The lowest BCUT2D eigenvalue weighted by atomic mass is 10.3. The Morgan fingerprint density at radius 2 is 1.71 bits per heavy atom. The van der Waals surface area contributed by atoms with Gasteiger partial charge in [-0.2, -0.15) is 0 Å². The van der Waals surface area contributed by atoms with Crippen LogP contribution < -0.4 is 4.74 Å². The van der Waals surface area contributed by atoms with E-state index in [1.807, 2.05) is 0 Å². The van der Waals surface area contributed by atoms with Gasteiger partial charge in [-0.3, -0.25) is 10.1 Å². The lowest BCUT2D eigenvalue weighted by Gasteiger charge is -2.17. The SMILES string of the molecule is CCN(CC)CCCOc1ccccc1[N+](=O)[O-].O=C(O)C(=O)O. The number of para-hydroxylation sites is 2. The maximum absolute atomic E-state index is 10.8. The summed E-state index contributed by atoms with van der Waals surface area (Å²) in [4.78, 5) is 30.8. The average Bonchev–Trinajstić information content (AvgIpc) is 2.55. The van der Waals surface area contributed by atoms with Gasteiger partial charge in [-0.25, -0.2) is 9.59 Å². The van der Waals surface area contributed by atoms with Gasteiger partial charge in [0.15, 0.2) is 5.75 Å². The third-order valence-corrected chi connectivity index (χ3v) is 3.02. The number of nitro benzene ring substituents is 1. The smallest absolute Gasteiger partial charge is 0.414 e. The van der Waals surface area contributed by atoms with E-state index < -0.39 is 16.9 Å². The normalized spacial score (nSPS) is 9.79. The van der Waals surface area contributed by atoms with E-state index >= 15 is 0 Å². The van der Waals surface area contributed by atoms with Crippen molar-refractivity contribution in [3.8, 4) is 5.75 Å². The fraction of sp³-hybridized carbons (Fsp3) is 0.467. The molecule has 9 nitrogen and oxygen atoms in total. The number of hydrogen-bond donors (Lipinski definition) is 2. The number of nitro groups is 1. The molecule has 1 aromatic carbocycles. The molecule has 0 amide bonds. The summed E-state index contributed by atoms with van der Waals surface area (Å²) in [6, 6.07) is 6.48. The minimum absolute atomic E-state index is 0.0281. The van der Waals surface area contributed by atoms with E-state index in [1.165, 1.54) is 6.07 Å². The van der Waals surface area contributed by atoms with Gasteiger partial charge in [-0.1, -0.05) is 26.0 Å². The summed E-state index contributed by atoms with van der Waals surface area (Å²) >= 11 is 0. The molecule has 0 aromatic heterocycles. The summed E-state index contributed by atoms with van der Waals surface area (Å²) in [6.45, 7) is 7.72. The van der Waals surface area contributed by atoms with Crippen LogP contribution in [0.25, 0.3) is 0 Å². The Morgan fingerprint density at radius 3 is 2.17 bits per heavy atom. The third kappa shape index (κ3) is 8.69. The first-order chi connectivity index (χ1) is 11.3. The van der Waals surface area contributed by atoms with Crippen LogP contribution in [0.2, 0.25) is 0 Å². The topological polar surface area (TPSA) is 130 Å². The molecule has 24 heavy (non-hydrogen) atoms. The maximum atomic E-state index is 10.8.